The first kappa shape index (κ1) is 14.8. The zero-order valence-corrected chi connectivity index (χ0v) is 13.2. The van der Waals surface area contributed by atoms with Crippen LogP contribution in [0.2, 0.25) is 0 Å². The number of benzene rings is 1. The second-order valence-electron chi connectivity index (χ2n) is 5.95. The average molecular weight is 297 g/mol. The summed E-state index contributed by atoms with van der Waals surface area (Å²) in [5, 5.41) is 0. The van der Waals surface area contributed by atoms with Gasteiger partial charge in [-0.05, 0) is 18.6 Å². The Hall–Kier alpha value is -2.10. The summed E-state index contributed by atoms with van der Waals surface area (Å²) in [7, 11) is 0. The summed E-state index contributed by atoms with van der Waals surface area (Å²) in [6.45, 7) is 8.40. The molecular formula is C18H23N3O. The number of fused-ring (bicyclic) bond motifs is 1. The molecule has 0 aliphatic carbocycles. The molecule has 1 amide bonds. The lowest BCUT2D eigenvalue weighted by molar-refractivity contribution is -0.127. The van der Waals surface area contributed by atoms with Gasteiger partial charge in [0.15, 0.2) is 0 Å². The fourth-order valence-electron chi connectivity index (χ4n) is 3.24. The monoisotopic (exact) mass is 297 g/mol. The number of unbranched alkanes of at least 4 members (excludes halogenated alkanes) is 1. The zero-order valence-electron chi connectivity index (χ0n) is 13.2. The topological polar surface area (TPSA) is 38.1 Å². The Morgan fingerprint density at radius 3 is 3.00 bits per heavy atom. The maximum Gasteiger partial charge on any atom is 0.223 e. The van der Waals surface area contributed by atoms with Crippen molar-refractivity contribution in [3.05, 3.63) is 42.7 Å². The predicted octanol–water partition coefficient (Wildman–Crippen LogP) is 3.34. The first-order valence-electron chi connectivity index (χ1n) is 8.08. The van der Waals surface area contributed by atoms with Gasteiger partial charge in [-0.3, -0.25) is 4.79 Å². The molecule has 1 saturated heterocycles. The summed E-state index contributed by atoms with van der Waals surface area (Å²) in [6, 6.07) is 8.15. The van der Waals surface area contributed by atoms with Crippen LogP contribution < -0.4 is 0 Å². The summed E-state index contributed by atoms with van der Waals surface area (Å²) in [4.78, 5) is 19.0. The second-order valence-corrected chi connectivity index (χ2v) is 5.95. The normalized spacial score (nSPS) is 18.3. The van der Waals surface area contributed by atoms with Crippen LogP contribution in [0.3, 0.4) is 0 Å². The number of rotatable bonds is 6. The van der Waals surface area contributed by atoms with Crippen LogP contribution in [0.25, 0.3) is 11.0 Å². The van der Waals surface area contributed by atoms with E-state index in [4.69, 9.17) is 4.98 Å². The Morgan fingerprint density at radius 1 is 1.41 bits per heavy atom. The van der Waals surface area contributed by atoms with Crippen LogP contribution in [0.5, 0.6) is 0 Å². The van der Waals surface area contributed by atoms with E-state index in [2.05, 4.69) is 24.1 Å². The predicted molar refractivity (Wildman–Crippen MR) is 88.8 cm³/mol. The molecule has 2 heterocycles. The largest absolute Gasteiger partial charge is 0.342 e. The highest BCUT2D eigenvalue weighted by atomic mass is 16.2. The Kier molecular flexibility index (Phi) is 4.27. The molecule has 0 radical (unpaired) electrons. The van der Waals surface area contributed by atoms with E-state index in [0.717, 1.165) is 49.3 Å². The number of imidazole rings is 1. The Morgan fingerprint density at radius 2 is 2.23 bits per heavy atom. The van der Waals surface area contributed by atoms with E-state index in [9.17, 15) is 4.79 Å². The first-order chi connectivity index (χ1) is 10.7. The zero-order chi connectivity index (χ0) is 15.5. The van der Waals surface area contributed by atoms with Gasteiger partial charge in [-0.25, -0.2) is 4.98 Å². The van der Waals surface area contributed by atoms with Crippen molar-refractivity contribution in [3.63, 3.8) is 0 Å². The average Bonchev–Trinajstić information content (AvgIpc) is 3.07. The van der Waals surface area contributed by atoms with Crippen molar-refractivity contribution < 1.29 is 4.79 Å². The third kappa shape index (κ3) is 2.65. The van der Waals surface area contributed by atoms with Crippen LogP contribution in [-0.4, -0.2) is 33.4 Å². The minimum Gasteiger partial charge on any atom is -0.342 e. The number of carbonyl (C=O) groups excluding carboxylic acids is 1. The Labute approximate surface area is 131 Å². The molecular weight excluding hydrogens is 274 g/mol. The van der Waals surface area contributed by atoms with Crippen molar-refractivity contribution in [2.75, 3.05) is 13.1 Å². The van der Waals surface area contributed by atoms with Gasteiger partial charge in [0.1, 0.15) is 5.82 Å². The molecule has 0 unspecified atom stereocenters. The molecule has 0 saturated carbocycles. The molecule has 0 spiro atoms. The minimum absolute atomic E-state index is 0.191. The lowest BCUT2D eigenvalue weighted by Crippen LogP contribution is -2.26. The van der Waals surface area contributed by atoms with Crippen molar-refractivity contribution in [1.82, 2.24) is 14.5 Å². The molecule has 1 aliphatic rings. The lowest BCUT2D eigenvalue weighted by Gasteiger charge is -2.16. The van der Waals surface area contributed by atoms with Crippen LogP contribution in [0.15, 0.2) is 36.9 Å². The summed E-state index contributed by atoms with van der Waals surface area (Å²) in [6.07, 6.45) is 4.65. The lowest BCUT2D eigenvalue weighted by atomic mass is 10.1. The number of carbonyl (C=O) groups is 1. The summed E-state index contributed by atoms with van der Waals surface area (Å²) >= 11 is 0. The minimum atomic E-state index is 0.191. The van der Waals surface area contributed by atoms with Crippen molar-refractivity contribution >= 4 is 16.9 Å². The molecule has 1 aromatic heterocycles. The van der Waals surface area contributed by atoms with Crippen molar-refractivity contribution in [1.29, 1.82) is 0 Å². The van der Waals surface area contributed by atoms with Crippen LogP contribution in [0.4, 0.5) is 0 Å². The van der Waals surface area contributed by atoms with Gasteiger partial charge in [0, 0.05) is 32.0 Å². The first-order valence-corrected chi connectivity index (χ1v) is 8.08. The van der Waals surface area contributed by atoms with E-state index < -0.39 is 0 Å². The van der Waals surface area contributed by atoms with Gasteiger partial charge in [0.05, 0.1) is 11.0 Å². The SMILES string of the molecule is C=CCn1c([C@H]2CC(=O)N(CCCC)C2)nc2ccccc21. The molecule has 4 nitrogen and oxygen atoms in total. The van der Waals surface area contributed by atoms with Gasteiger partial charge < -0.3 is 9.47 Å². The van der Waals surface area contributed by atoms with Crippen LogP contribution in [0, 0.1) is 0 Å². The van der Waals surface area contributed by atoms with Gasteiger partial charge in [0.2, 0.25) is 5.91 Å². The van der Waals surface area contributed by atoms with E-state index in [-0.39, 0.29) is 11.8 Å². The molecule has 1 aromatic carbocycles. The van der Waals surface area contributed by atoms with Crippen molar-refractivity contribution in [2.45, 2.75) is 38.6 Å². The number of aromatic nitrogens is 2. The molecule has 22 heavy (non-hydrogen) atoms. The van der Waals surface area contributed by atoms with Crippen molar-refractivity contribution in [2.24, 2.45) is 0 Å². The smallest absolute Gasteiger partial charge is 0.223 e. The molecule has 116 valence electrons. The van der Waals surface area contributed by atoms with E-state index >= 15 is 0 Å². The third-order valence-corrected chi connectivity index (χ3v) is 4.36. The fourth-order valence-corrected chi connectivity index (χ4v) is 3.24. The second kappa shape index (κ2) is 6.34. The van der Waals surface area contributed by atoms with E-state index in [1.54, 1.807) is 0 Å². The number of hydrogen-bond donors (Lipinski definition) is 0. The number of hydrogen-bond acceptors (Lipinski definition) is 2. The van der Waals surface area contributed by atoms with Gasteiger partial charge in [-0.15, -0.1) is 6.58 Å². The van der Waals surface area contributed by atoms with Gasteiger partial charge in [0.25, 0.3) is 0 Å². The van der Waals surface area contributed by atoms with Gasteiger partial charge >= 0.3 is 0 Å². The quantitative estimate of drug-likeness (QED) is 0.767. The van der Waals surface area contributed by atoms with E-state index in [0.29, 0.717) is 6.42 Å². The number of allylic oxidation sites excluding steroid dienone is 1. The number of nitrogens with zero attached hydrogens (tertiary/aromatic N) is 3. The van der Waals surface area contributed by atoms with Crippen LogP contribution in [0.1, 0.15) is 37.9 Å². The highest BCUT2D eigenvalue weighted by Gasteiger charge is 2.33. The highest BCUT2D eigenvalue weighted by Crippen LogP contribution is 2.30. The van der Waals surface area contributed by atoms with Crippen molar-refractivity contribution in [3.8, 4) is 0 Å². The molecule has 0 N–H and O–H groups in total. The van der Waals surface area contributed by atoms with Crippen LogP contribution in [-0.2, 0) is 11.3 Å². The number of likely N-dealkylation sites (tertiary alicyclic amines) is 1. The molecule has 2 aromatic rings. The van der Waals surface area contributed by atoms with E-state index in [1.165, 1.54) is 0 Å². The summed E-state index contributed by atoms with van der Waals surface area (Å²) < 4.78 is 2.20. The molecule has 3 rings (SSSR count). The molecule has 1 atom stereocenters. The fraction of sp³-hybridized carbons (Fsp3) is 0.444. The molecule has 0 bridgehead atoms. The van der Waals surface area contributed by atoms with Gasteiger partial charge in [-0.2, -0.15) is 0 Å². The number of amides is 1. The summed E-state index contributed by atoms with van der Waals surface area (Å²) in [5.41, 5.74) is 2.12. The number of para-hydroxylation sites is 2. The molecule has 1 aliphatic heterocycles. The maximum atomic E-state index is 12.2. The van der Waals surface area contributed by atoms with Gasteiger partial charge in [-0.1, -0.05) is 31.6 Å². The maximum absolute atomic E-state index is 12.2. The Bertz CT molecular complexity index is 689. The standard InChI is InChI=1S/C18H23N3O/c1-3-5-11-20-13-14(12-17(20)22)18-19-15-8-6-7-9-16(15)21(18)10-4-2/h4,6-9,14H,2-3,5,10-13H2,1H3/t14-/m0/s1. The van der Waals surface area contributed by atoms with E-state index in [1.807, 2.05) is 29.2 Å². The third-order valence-electron chi connectivity index (χ3n) is 4.36. The molecule has 4 heteroatoms. The van der Waals surface area contributed by atoms with Crippen LogP contribution >= 0.6 is 0 Å². The molecule has 1 fully saturated rings. The summed E-state index contributed by atoms with van der Waals surface area (Å²) in [5.74, 6) is 1.47. The Balaban J connectivity index is 1.91. The highest BCUT2D eigenvalue weighted by molar-refractivity contribution is 5.80.